The summed E-state index contributed by atoms with van der Waals surface area (Å²) in [4.78, 5) is 18.3. The van der Waals surface area contributed by atoms with Gasteiger partial charge in [0.2, 0.25) is 0 Å². The fourth-order valence-electron chi connectivity index (χ4n) is 2.43. The molecule has 1 aromatic rings. The van der Waals surface area contributed by atoms with Gasteiger partial charge < -0.3 is 15.5 Å². The molecule has 0 saturated heterocycles. The molecule has 1 fully saturated rings. The Labute approximate surface area is 139 Å². The number of carbonyl (C=O) groups excluding carboxylic acids is 1. The fourth-order valence-corrected chi connectivity index (χ4v) is 2.43. The Bertz CT molecular complexity index is 530. The normalized spacial score (nSPS) is 14.5. The van der Waals surface area contributed by atoms with E-state index in [0.717, 1.165) is 42.6 Å². The van der Waals surface area contributed by atoms with Crippen molar-refractivity contribution in [1.82, 2.24) is 15.5 Å². The van der Waals surface area contributed by atoms with Crippen molar-refractivity contribution in [3.63, 3.8) is 0 Å². The lowest BCUT2D eigenvalue weighted by molar-refractivity contribution is 0.0773. The van der Waals surface area contributed by atoms with Crippen molar-refractivity contribution in [3.05, 3.63) is 35.4 Å². The van der Waals surface area contributed by atoms with Gasteiger partial charge in [-0.1, -0.05) is 12.1 Å². The molecule has 1 aliphatic carbocycles. The molecule has 0 spiro atoms. The molecule has 2 rings (SSSR count). The monoisotopic (exact) mass is 316 g/mol. The summed E-state index contributed by atoms with van der Waals surface area (Å²) in [5, 5.41) is 6.65. The molecule has 126 valence electrons. The van der Waals surface area contributed by atoms with Gasteiger partial charge in [-0.2, -0.15) is 0 Å². The molecule has 0 bridgehead atoms. The van der Waals surface area contributed by atoms with E-state index in [1.165, 1.54) is 12.8 Å². The standard InChI is InChI=1S/C18H28N4O/c1-4-22(5-2)17(23)16-10-8-15(9-11-16)13-21-18(19-3)20-12-14-6-7-14/h8-11,14H,4-7,12-13H2,1-3H3,(H2,19,20,21). The van der Waals surface area contributed by atoms with Gasteiger partial charge in [0, 0.05) is 38.8 Å². The average molecular weight is 316 g/mol. The Morgan fingerprint density at radius 1 is 1.17 bits per heavy atom. The molecular weight excluding hydrogens is 288 g/mol. The van der Waals surface area contributed by atoms with E-state index in [4.69, 9.17) is 0 Å². The second-order valence-corrected chi connectivity index (χ2v) is 5.92. The first kappa shape index (κ1) is 17.3. The van der Waals surface area contributed by atoms with Crippen molar-refractivity contribution in [2.75, 3.05) is 26.7 Å². The van der Waals surface area contributed by atoms with Crippen LogP contribution in [0.5, 0.6) is 0 Å². The molecule has 23 heavy (non-hydrogen) atoms. The minimum absolute atomic E-state index is 0.0939. The second kappa shape index (κ2) is 8.56. The molecule has 0 aromatic heterocycles. The molecule has 1 saturated carbocycles. The third-order valence-electron chi connectivity index (χ3n) is 4.19. The lowest BCUT2D eigenvalue weighted by Crippen LogP contribution is -2.37. The highest BCUT2D eigenvalue weighted by atomic mass is 16.2. The van der Waals surface area contributed by atoms with Crippen LogP contribution in [0, 0.1) is 5.92 Å². The maximum atomic E-state index is 12.3. The number of amides is 1. The summed E-state index contributed by atoms with van der Waals surface area (Å²) in [6.07, 6.45) is 2.65. The number of nitrogens with zero attached hydrogens (tertiary/aromatic N) is 2. The number of benzene rings is 1. The number of guanidine groups is 1. The van der Waals surface area contributed by atoms with Crippen LogP contribution >= 0.6 is 0 Å². The van der Waals surface area contributed by atoms with Crippen molar-refractivity contribution in [2.24, 2.45) is 10.9 Å². The third kappa shape index (κ3) is 5.27. The highest BCUT2D eigenvalue weighted by molar-refractivity contribution is 5.94. The molecule has 0 radical (unpaired) electrons. The van der Waals surface area contributed by atoms with Crippen molar-refractivity contribution < 1.29 is 4.79 Å². The molecule has 5 nitrogen and oxygen atoms in total. The first-order valence-corrected chi connectivity index (χ1v) is 8.50. The van der Waals surface area contributed by atoms with E-state index >= 15 is 0 Å². The maximum absolute atomic E-state index is 12.3. The van der Waals surface area contributed by atoms with E-state index in [0.29, 0.717) is 6.54 Å². The van der Waals surface area contributed by atoms with E-state index in [1.54, 1.807) is 7.05 Å². The Morgan fingerprint density at radius 3 is 2.35 bits per heavy atom. The molecule has 0 heterocycles. The van der Waals surface area contributed by atoms with Crippen LogP contribution in [0.1, 0.15) is 42.6 Å². The van der Waals surface area contributed by atoms with E-state index in [9.17, 15) is 4.79 Å². The Balaban J connectivity index is 1.85. The molecule has 0 unspecified atom stereocenters. The quantitative estimate of drug-likeness (QED) is 0.599. The van der Waals surface area contributed by atoms with Gasteiger partial charge >= 0.3 is 0 Å². The summed E-state index contributed by atoms with van der Waals surface area (Å²) >= 11 is 0. The zero-order valence-electron chi connectivity index (χ0n) is 14.4. The average Bonchev–Trinajstić information content (AvgIpc) is 3.41. The van der Waals surface area contributed by atoms with E-state index in [1.807, 2.05) is 43.0 Å². The fraction of sp³-hybridized carbons (Fsp3) is 0.556. The summed E-state index contributed by atoms with van der Waals surface area (Å²) in [5.41, 5.74) is 1.88. The van der Waals surface area contributed by atoms with E-state index in [2.05, 4.69) is 15.6 Å². The molecule has 1 aliphatic rings. The van der Waals surface area contributed by atoms with Gasteiger partial charge in [-0.15, -0.1) is 0 Å². The van der Waals surface area contributed by atoms with E-state index in [-0.39, 0.29) is 5.91 Å². The Morgan fingerprint density at radius 2 is 1.83 bits per heavy atom. The van der Waals surface area contributed by atoms with E-state index < -0.39 is 0 Å². The summed E-state index contributed by atoms with van der Waals surface area (Å²) < 4.78 is 0. The van der Waals surface area contributed by atoms with Crippen LogP contribution < -0.4 is 10.6 Å². The summed E-state index contributed by atoms with van der Waals surface area (Å²) in [6.45, 7) is 7.17. The van der Waals surface area contributed by atoms with Crippen molar-refractivity contribution in [1.29, 1.82) is 0 Å². The smallest absolute Gasteiger partial charge is 0.253 e. The first-order chi connectivity index (χ1) is 11.2. The number of hydrogen-bond acceptors (Lipinski definition) is 2. The van der Waals surface area contributed by atoms with Crippen LogP contribution in [-0.2, 0) is 6.54 Å². The maximum Gasteiger partial charge on any atom is 0.253 e. The van der Waals surface area contributed by atoms with Crippen LogP contribution in [0.2, 0.25) is 0 Å². The van der Waals surface area contributed by atoms with Crippen LogP contribution in [0.15, 0.2) is 29.3 Å². The minimum atomic E-state index is 0.0939. The van der Waals surface area contributed by atoms with Crippen LogP contribution in [0.25, 0.3) is 0 Å². The topological polar surface area (TPSA) is 56.7 Å². The Kier molecular flexibility index (Phi) is 6.44. The van der Waals surface area contributed by atoms with Crippen LogP contribution in [0.4, 0.5) is 0 Å². The highest BCUT2D eigenvalue weighted by Gasteiger charge is 2.21. The minimum Gasteiger partial charge on any atom is -0.356 e. The predicted molar refractivity (Wildman–Crippen MR) is 94.6 cm³/mol. The summed E-state index contributed by atoms with van der Waals surface area (Å²) in [6, 6.07) is 7.80. The lowest BCUT2D eigenvalue weighted by Gasteiger charge is -2.18. The molecule has 2 N–H and O–H groups in total. The molecule has 1 aromatic carbocycles. The zero-order chi connectivity index (χ0) is 16.7. The Hall–Kier alpha value is -2.04. The van der Waals surface area contributed by atoms with Crippen LogP contribution in [0.3, 0.4) is 0 Å². The van der Waals surface area contributed by atoms with Crippen molar-refractivity contribution >= 4 is 11.9 Å². The second-order valence-electron chi connectivity index (χ2n) is 5.92. The van der Waals surface area contributed by atoms with Gasteiger partial charge in [-0.25, -0.2) is 0 Å². The molecule has 1 amide bonds. The van der Waals surface area contributed by atoms with Crippen molar-refractivity contribution in [3.8, 4) is 0 Å². The number of aliphatic imine (C=N–C) groups is 1. The first-order valence-electron chi connectivity index (χ1n) is 8.50. The van der Waals surface area contributed by atoms with Gasteiger partial charge in [0.15, 0.2) is 5.96 Å². The lowest BCUT2D eigenvalue weighted by atomic mass is 10.1. The van der Waals surface area contributed by atoms with Gasteiger partial charge in [0.25, 0.3) is 5.91 Å². The SMILES string of the molecule is CCN(CC)C(=O)c1ccc(CNC(=NC)NCC2CC2)cc1. The molecular formula is C18H28N4O. The number of nitrogens with one attached hydrogen (secondary N) is 2. The number of carbonyl (C=O) groups is 1. The highest BCUT2D eigenvalue weighted by Crippen LogP contribution is 2.27. The third-order valence-corrected chi connectivity index (χ3v) is 4.19. The van der Waals surface area contributed by atoms with Gasteiger partial charge in [-0.3, -0.25) is 9.79 Å². The molecule has 0 aliphatic heterocycles. The zero-order valence-corrected chi connectivity index (χ0v) is 14.4. The molecule has 5 heteroatoms. The number of rotatable bonds is 7. The van der Waals surface area contributed by atoms with Gasteiger partial charge in [0.1, 0.15) is 0 Å². The summed E-state index contributed by atoms with van der Waals surface area (Å²) in [7, 11) is 1.79. The van der Waals surface area contributed by atoms with Gasteiger partial charge in [0.05, 0.1) is 0 Å². The number of hydrogen-bond donors (Lipinski definition) is 2. The van der Waals surface area contributed by atoms with Gasteiger partial charge in [-0.05, 0) is 50.3 Å². The largest absolute Gasteiger partial charge is 0.356 e. The summed E-state index contributed by atoms with van der Waals surface area (Å²) in [5.74, 6) is 1.75. The van der Waals surface area contributed by atoms with Crippen molar-refractivity contribution in [2.45, 2.75) is 33.2 Å². The molecule has 0 atom stereocenters. The predicted octanol–water partition coefficient (Wildman–Crippen LogP) is 2.24. The van der Waals surface area contributed by atoms with Crippen LogP contribution in [-0.4, -0.2) is 43.4 Å².